The number of aliphatic hydroxyl groups excluding tert-OH is 1. The van der Waals surface area contributed by atoms with E-state index in [4.69, 9.17) is 5.11 Å². The van der Waals surface area contributed by atoms with Gasteiger partial charge in [0, 0.05) is 19.6 Å². The van der Waals surface area contributed by atoms with E-state index in [9.17, 15) is 4.79 Å². The molecule has 0 atom stereocenters. The van der Waals surface area contributed by atoms with E-state index >= 15 is 0 Å². The van der Waals surface area contributed by atoms with Crippen LogP contribution in [-0.2, 0) is 4.79 Å². The van der Waals surface area contributed by atoms with Crippen molar-refractivity contribution >= 4 is 5.91 Å². The van der Waals surface area contributed by atoms with Crippen LogP contribution in [-0.4, -0.2) is 49.2 Å². The lowest BCUT2D eigenvalue weighted by Gasteiger charge is -2.39. The third-order valence-corrected chi connectivity index (χ3v) is 4.13. The van der Waals surface area contributed by atoms with Gasteiger partial charge in [-0.2, -0.15) is 0 Å². The standard InChI is InChI=1S/C14H28N2O2/c1-14(2,11-15-13(18)5-4-10-17)12-6-8-16(3)9-7-12/h12,17H,4-11H2,1-3H3,(H,15,18). The molecule has 0 bridgehead atoms. The fourth-order valence-electron chi connectivity index (χ4n) is 2.59. The Morgan fingerprint density at radius 2 is 2.00 bits per heavy atom. The highest BCUT2D eigenvalue weighted by atomic mass is 16.3. The average molecular weight is 256 g/mol. The van der Waals surface area contributed by atoms with Crippen LogP contribution in [0.2, 0.25) is 0 Å². The number of aliphatic hydroxyl groups is 1. The molecule has 1 rings (SSSR count). The summed E-state index contributed by atoms with van der Waals surface area (Å²) in [7, 11) is 2.17. The van der Waals surface area contributed by atoms with Crippen LogP contribution in [0.4, 0.5) is 0 Å². The van der Waals surface area contributed by atoms with E-state index in [0.29, 0.717) is 18.8 Å². The minimum Gasteiger partial charge on any atom is -0.396 e. The van der Waals surface area contributed by atoms with Crippen molar-refractivity contribution in [1.82, 2.24) is 10.2 Å². The van der Waals surface area contributed by atoms with Gasteiger partial charge in [-0.3, -0.25) is 4.79 Å². The Balaban J connectivity index is 2.32. The minimum absolute atomic E-state index is 0.0602. The van der Waals surface area contributed by atoms with Gasteiger partial charge in [-0.15, -0.1) is 0 Å². The largest absolute Gasteiger partial charge is 0.396 e. The fraction of sp³-hybridized carbons (Fsp3) is 0.929. The molecule has 1 aliphatic rings. The van der Waals surface area contributed by atoms with Crippen molar-refractivity contribution in [3.63, 3.8) is 0 Å². The van der Waals surface area contributed by atoms with Crippen molar-refractivity contribution in [1.29, 1.82) is 0 Å². The summed E-state index contributed by atoms with van der Waals surface area (Å²) in [6.45, 7) is 7.64. The van der Waals surface area contributed by atoms with Crippen molar-refractivity contribution in [2.24, 2.45) is 11.3 Å². The predicted molar refractivity (Wildman–Crippen MR) is 73.3 cm³/mol. The highest BCUT2D eigenvalue weighted by Gasteiger charge is 2.31. The summed E-state index contributed by atoms with van der Waals surface area (Å²) in [4.78, 5) is 13.9. The second-order valence-corrected chi connectivity index (χ2v) is 6.17. The van der Waals surface area contributed by atoms with Gasteiger partial charge in [0.2, 0.25) is 5.91 Å². The Kier molecular flexibility index (Phi) is 6.09. The van der Waals surface area contributed by atoms with Crippen LogP contribution in [0.5, 0.6) is 0 Å². The zero-order valence-corrected chi connectivity index (χ0v) is 12.0. The Morgan fingerprint density at radius 3 is 2.56 bits per heavy atom. The van der Waals surface area contributed by atoms with E-state index in [2.05, 4.69) is 31.1 Å². The van der Waals surface area contributed by atoms with Gasteiger partial charge < -0.3 is 15.3 Å². The first-order valence-electron chi connectivity index (χ1n) is 7.02. The van der Waals surface area contributed by atoms with Crippen molar-refractivity contribution in [3.05, 3.63) is 0 Å². The normalized spacial score (nSPS) is 18.9. The Hall–Kier alpha value is -0.610. The molecule has 0 spiro atoms. The van der Waals surface area contributed by atoms with Gasteiger partial charge in [-0.25, -0.2) is 0 Å². The molecule has 0 aliphatic carbocycles. The first kappa shape index (κ1) is 15.4. The van der Waals surface area contributed by atoms with Gasteiger partial charge in [-0.05, 0) is 50.7 Å². The van der Waals surface area contributed by atoms with Crippen LogP contribution < -0.4 is 5.32 Å². The number of amides is 1. The van der Waals surface area contributed by atoms with Crippen molar-refractivity contribution in [2.75, 3.05) is 33.3 Å². The van der Waals surface area contributed by atoms with E-state index in [-0.39, 0.29) is 17.9 Å². The van der Waals surface area contributed by atoms with E-state index in [1.54, 1.807) is 0 Å². The minimum atomic E-state index is 0.0602. The Labute approximate surface area is 111 Å². The second-order valence-electron chi connectivity index (χ2n) is 6.17. The first-order chi connectivity index (χ1) is 8.45. The highest BCUT2D eigenvalue weighted by Crippen LogP contribution is 2.34. The number of likely N-dealkylation sites (tertiary alicyclic amines) is 1. The van der Waals surface area contributed by atoms with Crippen LogP contribution in [0.1, 0.15) is 39.5 Å². The predicted octanol–water partition coefficient (Wildman–Crippen LogP) is 1.24. The summed E-state index contributed by atoms with van der Waals surface area (Å²) in [5.41, 5.74) is 0.163. The van der Waals surface area contributed by atoms with Crippen LogP contribution in [0.15, 0.2) is 0 Å². The molecule has 18 heavy (non-hydrogen) atoms. The molecule has 0 saturated carbocycles. The van der Waals surface area contributed by atoms with Crippen LogP contribution in [0, 0.1) is 11.3 Å². The first-order valence-corrected chi connectivity index (χ1v) is 7.02. The van der Waals surface area contributed by atoms with Crippen LogP contribution in [0.25, 0.3) is 0 Å². The number of rotatable bonds is 6. The maximum Gasteiger partial charge on any atom is 0.220 e. The zero-order valence-electron chi connectivity index (χ0n) is 12.0. The summed E-state index contributed by atoms with van der Waals surface area (Å²) >= 11 is 0. The summed E-state index contributed by atoms with van der Waals surface area (Å²) in [5.74, 6) is 0.747. The molecule has 106 valence electrons. The van der Waals surface area contributed by atoms with Gasteiger partial charge >= 0.3 is 0 Å². The fourth-order valence-corrected chi connectivity index (χ4v) is 2.59. The lowest BCUT2D eigenvalue weighted by Crippen LogP contribution is -2.43. The molecule has 4 nitrogen and oxygen atoms in total. The molecule has 0 unspecified atom stereocenters. The van der Waals surface area contributed by atoms with Crippen molar-refractivity contribution in [2.45, 2.75) is 39.5 Å². The maximum absolute atomic E-state index is 11.6. The number of hydrogen-bond donors (Lipinski definition) is 2. The molecule has 4 heteroatoms. The molecular formula is C14H28N2O2. The molecule has 1 fully saturated rings. The quantitative estimate of drug-likeness (QED) is 0.752. The Bertz CT molecular complexity index is 259. The van der Waals surface area contributed by atoms with E-state index in [1.807, 2.05) is 0 Å². The third-order valence-electron chi connectivity index (χ3n) is 4.13. The number of carbonyl (C=O) groups is 1. The lowest BCUT2D eigenvalue weighted by molar-refractivity contribution is -0.122. The highest BCUT2D eigenvalue weighted by molar-refractivity contribution is 5.75. The van der Waals surface area contributed by atoms with Gasteiger partial charge in [0.15, 0.2) is 0 Å². The van der Waals surface area contributed by atoms with Crippen LogP contribution in [0.3, 0.4) is 0 Å². The van der Waals surface area contributed by atoms with Gasteiger partial charge in [-0.1, -0.05) is 13.8 Å². The molecule has 2 N–H and O–H groups in total. The van der Waals surface area contributed by atoms with Gasteiger partial charge in [0.25, 0.3) is 0 Å². The molecule has 0 aromatic rings. The molecule has 1 amide bonds. The molecule has 0 radical (unpaired) electrons. The van der Waals surface area contributed by atoms with Crippen molar-refractivity contribution < 1.29 is 9.90 Å². The molecule has 0 aromatic heterocycles. The second kappa shape index (κ2) is 7.10. The Morgan fingerprint density at radius 1 is 1.39 bits per heavy atom. The third kappa shape index (κ3) is 4.94. The topological polar surface area (TPSA) is 52.6 Å². The maximum atomic E-state index is 11.6. The monoisotopic (exact) mass is 256 g/mol. The van der Waals surface area contributed by atoms with Gasteiger partial charge in [0.05, 0.1) is 0 Å². The van der Waals surface area contributed by atoms with E-state index < -0.39 is 0 Å². The summed E-state index contributed by atoms with van der Waals surface area (Å²) < 4.78 is 0. The number of nitrogens with one attached hydrogen (secondary N) is 1. The number of piperidine rings is 1. The summed E-state index contributed by atoms with van der Waals surface area (Å²) in [6, 6.07) is 0. The van der Waals surface area contributed by atoms with Crippen LogP contribution >= 0.6 is 0 Å². The molecular weight excluding hydrogens is 228 g/mol. The average Bonchev–Trinajstić information content (AvgIpc) is 2.34. The molecule has 0 aromatic carbocycles. The van der Waals surface area contributed by atoms with E-state index in [0.717, 1.165) is 19.6 Å². The number of hydrogen-bond acceptors (Lipinski definition) is 3. The lowest BCUT2D eigenvalue weighted by atomic mass is 9.73. The number of nitrogens with zero attached hydrogens (tertiary/aromatic N) is 1. The molecule has 1 saturated heterocycles. The summed E-state index contributed by atoms with van der Waals surface area (Å²) in [6.07, 6.45) is 3.42. The summed E-state index contributed by atoms with van der Waals surface area (Å²) in [5, 5.41) is 11.7. The van der Waals surface area contributed by atoms with Crippen molar-refractivity contribution in [3.8, 4) is 0 Å². The molecule has 1 aliphatic heterocycles. The zero-order chi connectivity index (χ0) is 13.6. The SMILES string of the molecule is CN1CCC(C(C)(C)CNC(=O)CCCO)CC1. The number of carbonyl (C=O) groups excluding carboxylic acids is 1. The molecule has 1 heterocycles. The van der Waals surface area contributed by atoms with Gasteiger partial charge in [0.1, 0.15) is 0 Å². The van der Waals surface area contributed by atoms with E-state index in [1.165, 1.54) is 12.8 Å². The smallest absolute Gasteiger partial charge is 0.220 e.